The van der Waals surface area contributed by atoms with Crippen LogP contribution in [0.3, 0.4) is 0 Å². The number of aromatic nitrogens is 1. The number of aliphatic hydroxyl groups is 1. The number of aliphatic hydroxyl groups excluding tert-OH is 1. The molecular formula is C12H19N3O4S2Zn+4. The molecule has 0 bridgehead atoms. The van der Waals surface area contributed by atoms with Crippen LogP contribution in [0.25, 0.3) is 5.43 Å². The fraction of sp³-hybridized carbons (Fsp3) is 0.333. The first-order chi connectivity index (χ1) is 9.83. The molecule has 0 aromatic carbocycles. The van der Waals surface area contributed by atoms with Crippen LogP contribution < -0.4 is 0 Å². The molecule has 1 rings (SSSR count). The third-order valence-electron chi connectivity index (χ3n) is 2.07. The second kappa shape index (κ2) is 12.5. The van der Waals surface area contributed by atoms with Gasteiger partial charge in [-0.25, -0.2) is 0 Å². The summed E-state index contributed by atoms with van der Waals surface area (Å²) in [7, 11) is 0. The van der Waals surface area contributed by atoms with Gasteiger partial charge in [0.15, 0.2) is 16.5 Å². The predicted octanol–water partition coefficient (Wildman–Crippen LogP) is 0.0124. The van der Waals surface area contributed by atoms with Crippen LogP contribution >= 0.6 is 11.8 Å². The maximum Gasteiger partial charge on any atom is 2.00 e. The molecule has 0 unspecified atom stereocenters. The molecule has 22 heavy (non-hydrogen) atoms. The van der Waals surface area contributed by atoms with Gasteiger partial charge in [0.1, 0.15) is 5.69 Å². The van der Waals surface area contributed by atoms with Crippen molar-refractivity contribution in [2.75, 3.05) is 6.26 Å². The molecule has 10 heteroatoms. The van der Waals surface area contributed by atoms with Crippen LogP contribution in [0.4, 0.5) is 0 Å². The average molecular weight is 399 g/mol. The van der Waals surface area contributed by atoms with Crippen LogP contribution in [-0.2, 0) is 43.1 Å². The zero-order valence-electron chi connectivity index (χ0n) is 12.6. The molecule has 0 aliphatic heterocycles. The zero-order valence-corrected chi connectivity index (χ0v) is 17.3. The van der Waals surface area contributed by atoms with Crippen molar-refractivity contribution < 1.29 is 39.6 Å². The molecule has 1 aromatic heterocycles. The van der Waals surface area contributed by atoms with E-state index in [1.807, 2.05) is 6.26 Å². The van der Waals surface area contributed by atoms with Gasteiger partial charge in [-0.15, -0.1) is 0 Å². The Bertz CT molecular complexity index is 537. The van der Waals surface area contributed by atoms with Crippen LogP contribution in [0.5, 0.6) is 5.75 Å². The standard InChI is InChI=1S/C10H13N3O2S2.C2H4O2.Zn/c1-6-9(15)8(7(5-14)3-11-6)4-12-13-10(16)17-2;1-2(3)4;/h3-4,14H,5H2,1-2H3,(H2,11,12,13,15,16);1H3,(H,3,4);/q;;+2/p+2. The van der Waals surface area contributed by atoms with E-state index in [0.29, 0.717) is 21.1 Å². The van der Waals surface area contributed by atoms with Gasteiger partial charge in [-0.1, -0.05) is 11.8 Å². The quantitative estimate of drug-likeness (QED) is 0.192. The number of hydrogen-bond acceptors (Lipinski definition) is 5. The van der Waals surface area contributed by atoms with E-state index < -0.39 is 5.97 Å². The van der Waals surface area contributed by atoms with Crippen LogP contribution in [0, 0.1) is 6.92 Å². The van der Waals surface area contributed by atoms with E-state index in [-0.39, 0.29) is 31.8 Å². The van der Waals surface area contributed by atoms with Gasteiger partial charge in [0.25, 0.3) is 5.75 Å². The summed E-state index contributed by atoms with van der Waals surface area (Å²) in [6.07, 6.45) is 4.82. The first-order valence-electron chi connectivity index (χ1n) is 5.70. The maximum absolute atomic E-state index is 9.15. The predicted molar refractivity (Wildman–Crippen MR) is 90.5 cm³/mol. The molecule has 0 fully saturated rings. The third-order valence-corrected chi connectivity index (χ3v) is 3.16. The largest absolute Gasteiger partial charge is 2.00 e. The second-order valence-corrected chi connectivity index (χ2v) is 5.22. The molecule has 0 amide bonds. The number of aryl methyl sites for hydroxylation is 1. The van der Waals surface area contributed by atoms with Crippen molar-refractivity contribution in [3.63, 3.8) is 0 Å². The number of carbonyl (C=O) groups excluding carboxylic acids is 1. The smallest absolute Gasteiger partial charge is 0.592 e. The van der Waals surface area contributed by atoms with Gasteiger partial charge in [-0.3, -0.25) is 4.98 Å². The van der Waals surface area contributed by atoms with Crippen molar-refractivity contribution in [2.24, 2.45) is 5.10 Å². The summed E-state index contributed by atoms with van der Waals surface area (Å²) in [4.78, 5) is 13.1. The average Bonchev–Trinajstić information content (AvgIpc) is 2.42. The Morgan fingerprint density at radius 1 is 1.64 bits per heavy atom. The number of hydrogen-bond donors (Lipinski definition) is 1. The molecule has 0 aliphatic rings. The first kappa shape index (κ1) is 23.2. The molecule has 1 heterocycles. The number of pyridine rings is 1. The molecule has 0 saturated carbocycles. The van der Waals surface area contributed by atoms with Crippen molar-refractivity contribution in [1.29, 1.82) is 0 Å². The second-order valence-electron chi connectivity index (χ2n) is 3.70. The van der Waals surface area contributed by atoms with E-state index >= 15 is 0 Å². The molecule has 1 aromatic rings. The monoisotopic (exact) mass is 397 g/mol. The molecule has 0 spiro atoms. The minimum absolute atomic E-state index is 0. The van der Waals surface area contributed by atoms with Gasteiger partial charge < -0.3 is 25.8 Å². The van der Waals surface area contributed by atoms with Gasteiger partial charge in [-0.2, -0.15) is 0 Å². The summed E-state index contributed by atoms with van der Waals surface area (Å²) in [5.74, 6) is -0.333. The van der Waals surface area contributed by atoms with Crippen molar-refractivity contribution in [3.8, 4) is 5.75 Å². The number of rotatable bonds is 3. The summed E-state index contributed by atoms with van der Waals surface area (Å²) in [5.41, 5.74) is 5.49. The van der Waals surface area contributed by atoms with Crippen LogP contribution in [-0.4, -0.2) is 43.1 Å². The topological polar surface area (TPSA) is 122 Å². The van der Waals surface area contributed by atoms with E-state index in [0.717, 1.165) is 0 Å². The third kappa shape index (κ3) is 9.04. The number of nitrogens with zero attached hydrogens (tertiary/aromatic N) is 3. The Balaban J connectivity index is 0. The first-order valence-corrected chi connectivity index (χ1v) is 7.37. The molecule has 7 nitrogen and oxygen atoms in total. The Kier molecular flexibility index (Phi) is 13.1. The Morgan fingerprint density at radius 2 is 2.18 bits per heavy atom. The molecular weight excluding hydrogens is 380 g/mol. The van der Waals surface area contributed by atoms with Crippen molar-refractivity contribution >= 4 is 40.5 Å². The summed E-state index contributed by atoms with van der Waals surface area (Å²) < 4.78 is 0.532. The number of thioether (sulfide) groups is 1. The summed E-state index contributed by atoms with van der Waals surface area (Å²) in [6, 6.07) is 0. The van der Waals surface area contributed by atoms with E-state index in [2.05, 4.69) is 27.7 Å². The van der Waals surface area contributed by atoms with Gasteiger partial charge in [-0.05, 0) is 13.2 Å². The normalized spacial score (nSPS) is 9.45. The zero-order chi connectivity index (χ0) is 16.4. The maximum atomic E-state index is 9.15. The van der Waals surface area contributed by atoms with Gasteiger partial charge in [0.2, 0.25) is 0 Å². The van der Waals surface area contributed by atoms with Gasteiger partial charge in [0, 0.05) is 22.8 Å². The van der Waals surface area contributed by atoms with Gasteiger partial charge in [0.05, 0.1) is 19.1 Å². The van der Waals surface area contributed by atoms with E-state index in [1.54, 1.807) is 6.92 Å². The fourth-order valence-corrected chi connectivity index (χ4v) is 1.29. The van der Waals surface area contributed by atoms with Crippen molar-refractivity contribution in [1.82, 2.24) is 4.98 Å². The summed E-state index contributed by atoms with van der Waals surface area (Å²) in [6.45, 7) is 2.75. The van der Waals surface area contributed by atoms with E-state index in [9.17, 15) is 0 Å². The van der Waals surface area contributed by atoms with Crippen LogP contribution in [0.15, 0.2) is 11.3 Å². The van der Waals surface area contributed by atoms with Crippen molar-refractivity contribution in [2.45, 2.75) is 20.5 Å². The fourth-order valence-electron chi connectivity index (χ4n) is 1.11. The molecule has 0 radical (unpaired) electrons. The molecule has 5 N–H and O–H groups in total. The molecule has 0 aliphatic carbocycles. The van der Waals surface area contributed by atoms with Crippen molar-refractivity contribution in [3.05, 3.63) is 28.4 Å². The Hall–Kier alpha value is -1.09. The molecule has 116 valence electrons. The Labute approximate surface area is 151 Å². The van der Waals surface area contributed by atoms with Crippen LogP contribution in [0.2, 0.25) is 0 Å². The number of thiol groups is 1. The van der Waals surface area contributed by atoms with Crippen LogP contribution in [0.1, 0.15) is 23.7 Å². The van der Waals surface area contributed by atoms with Gasteiger partial charge >= 0.3 is 25.4 Å². The van der Waals surface area contributed by atoms with E-state index in [4.69, 9.17) is 20.1 Å². The summed E-state index contributed by atoms with van der Waals surface area (Å²) >= 11 is 5.43. The molecule has 0 saturated heterocycles. The SMILES string of the molecule is CC(=O)[OH2+].CSC(=[SH+])[N-]N=Cc1c(CO)cnc(C)c1[OH2+].[Zn+2]. The summed E-state index contributed by atoms with van der Waals surface area (Å²) in [5, 5.41) is 26.8. The van der Waals surface area contributed by atoms with E-state index in [1.165, 1.54) is 31.1 Å². The minimum atomic E-state index is -0.583. The minimum Gasteiger partial charge on any atom is -0.592 e. The molecule has 0 atom stereocenters. The number of carbonyl (C=O) groups is 1. The Morgan fingerprint density at radius 3 is 2.64 bits per heavy atom.